The Morgan fingerprint density at radius 2 is 2.22 bits per heavy atom. The molecule has 0 bridgehead atoms. The molecule has 0 saturated carbocycles. The standard InChI is InChI=1S/C5H6ClN3/c1-3-2-4(6)5(7)9-8-3/h2H,1H3,(H2,7,9). The largest absolute Gasteiger partial charge is 0.381 e. The SMILES string of the molecule is Cc1cc(Cl)c(N)nn1. The summed E-state index contributed by atoms with van der Waals surface area (Å²) in [6, 6.07) is 1.67. The normalized spacial score (nSPS) is 9.56. The van der Waals surface area contributed by atoms with Crippen LogP contribution in [0.25, 0.3) is 0 Å². The molecule has 0 spiro atoms. The average Bonchev–Trinajstić information content (AvgIpc) is 1.80. The van der Waals surface area contributed by atoms with Crippen LogP contribution in [0.2, 0.25) is 5.02 Å². The lowest BCUT2D eigenvalue weighted by Gasteiger charge is -1.93. The molecule has 3 nitrogen and oxygen atoms in total. The first-order valence-electron chi connectivity index (χ1n) is 2.45. The fraction of sp³-hybridized carbons (Fsp3) is 0.200. The molecule has 1 heterocycles. The van der Waals surface area contributed by atoms with Crippen LogP contribution in [0, 0.1) is 6.92 Å². The first-order valence-corrected chi connectivity index (χ1v) is 2.83. The number of nitrogen functional groups attached to an aromatic ring is 1. The van der Waals surface area contributed by atoms with Crippen molar-refractivity contribution in [1.82, 2.24) is 10.2 Å². The van der Waals surface area contributed by atoms with E-state index in [2.05, 4.69) is 10.2 Å². The van der Waals surface area contributed by atoms with Gasteiger partial charge in [-0.1, -0.05) is 11.6 Å². The molecule has 0 atom stereocenters. The van der Waals surface area contributed by atoms with Crippen LogP contribution in [-0.4, -0.2) is 10.2 Å². The third-order valence-corrected chi connectivity index (χ3v) is 1.20. The Morgan fingerprint density at radius 3 is 2.67 bits per heavy atom. The molecule has 0 aliphatic heterocycles. The van der Waals surface area contributed by atoms with Crippen molar-refractivity contribution in [2.24, 2.45) is 0 Å². The van der Waals surface area contributed by atoms with Gasteiger partial charge in [0.15, 0.2) is 5.82 Å². The summed E-state index contributed by atoms with van der Waals surface area (Å²) in [4.78, 5) is 0. The second-order valence-electron chi connectivity index (χ2n) is 1.72. The van der Waals surface area contributed by atoms with Crippen LogP contribution in [0.5, 0.6) is 0 Å². The molecule has 0 aliphatic carbocycles. The summed E-state index contributed by atoms with van der Waals surface area (Å²) in [7, 11) is 0. The van der Waals surface area contributed by atoms with Gasteiger partial charge in [-0.2, -0.15) is 5.10 Å². The molecule has 1 aromatic rings. The lowest BCUT2D eigenvalue weighted by Crippen LogP contribution is -1.94. The molecule has 0 radical (unpaired) electrons. The Bertz CT molecular complexity index is 223. The summed E-state index contributed by atoms with van der Waals surface area (Å²) in [5, 5.41) is 7.71. The molecule has 0 aromatic carbocycles. The van der Waals surface area contributed by atoms with Crippen molar-refractivity contribution in [1.29, 1.82) is 0 Å². The Balaban J connectivity index is 3.17. The number of hydrogen-bond donors (Lipinski definition) is 1. The van der Waals surface area contributed by atoms with E-state index in [-0.39, 0.29) is 5.82 Å². The van der Waals surface area contributed by atoms with Crippen molar-refractivity contribution in [3.05, 3.63) is 16.8 Å². The zero-order valence-electron chi connectivity index (χ0n) is 4.93. The molecule has 48 valence electrons. The maximum atomic E-state index is 5.59. The first-order chi connectivity index (χ1) is 4.20. The molecule has 0 aliphatic rings. The number of anilines is 1. The summed E-state index contributed by atoms with van der Waals surface area (Å²) < 4.78 is 0. The van der Waals surface area contributed by atoms with Crippen molar-refractivity contribution >= 4 is 17.4 Å². The lowest BCUT2D eigenvalue weighted by atomic mass is 10.4. The zero-order chi connectivity index (χ0) is 6.85. The van der Waals surface area contributed by atoms with Crippen molar-refractivity contribution in [3.63, 3.8) is 0 Å². The van der Waals surface area contributed by atoms with Crippen LogP contribution in [0.1, 0.15) is 5.69 Å². The molecule has 1 aromatic heterocycles. The summed E-state index contributed by atoms with van der Waals surface area (Å²) in [5.41, 5.74) is 6.06. The van der Waals surface area contributed by atoms with E-state index in [1.54, 1.807) is 13.0 Å². The lowest BCUT2D eigenvalue weighted by molar-refractivity contribution is 0.990. The molecular weight excluding hydrogens is 138 g/mol. The Kier molecular flexibility index (Phi) is 1.53. The summed E-state index contributed by atoms with van der Waals surface area (Å²) in [6.07, 6.45) is 0. The third-order valence-electron chi connectivity index (χ3n) is 0.896. The smallest absolute Gasteiger partial charge is 0.164 e. The quantitative estimate of drug-likeness (QED) is 0.590. The molecule has 0 unspecified atom stereocenters. The summed E-state index contributed by atoms with van der Waals surface area (Å²) in [6.45, 7) is 1.80. The highest BCUT2D eigenvalue weighted by molar-refractivity contribution is 6.32. The molecule has 0 amide bonds. The maximum Gasteiger partial charge on any atom is 0.164 e. The Hall–Kier alpha value is -0.830. The van der Waals surface area contributed by atoms with Gasteiger partial charge in [-0.05, 0) is 13.0 Å². The predicted molar refractivity (Wildman–Crippen MR) is 36.2 cm³/mol. The van der Waals surface area contributed by atoms with E-state index in [1.165, 1.54) is 0 Å². The minimum absolute atomic E-state index is 0.280. The molecular formula is C5H6ClN3. The summed E-state index contributed by atoms with van der Waals surface area (Å²) in [5.74, 6) is 0.280. The topological polar surface area (TPSA) is 51.8 Å². The Labute approximate surface area is 57.8 Å². The van der Waals surface area contributed by atoms with E-state index in [0.29, 0.717) is 5.02 Å². The monoisotopic (exact) mass is 143 g/mol. The molecule has 4 heteroatoms. The van der Waals surface area contributed by atoms with Gasteiger partial charge in [-0.15, -0.1) is 5.10 Å². The number of nitrogens with two attached hydrogens (primary N) is 1. The van der Waals surface area contributed by atoms with Crippen LogP contribution in [-0.2, 0) is 0 Å². The number of halogens is 1. The molecule has 0 saturated heterocycles. The van der Waals surface area contributed by atoms with Crippen molar-refractivity contribution in [3.8, 4) is 0 Å². The van der Waals surface area contributed by atoms with E-state index in [0.717, 1.165) is 5.69 Å². The van der Waals surface area contributed by atoms with Crippen LogP contribution in [0.3, 0.4) is 0 Å². The molecule has 0 fully saturated rings. The number of nitrogens with zero attached hydrogens (tertiary/aromatic N) is 2. The third kappa shape index (κ3) is 1.29. The van der Waals surface area contributed by atoms with Gasteiger partial charge in [-0.3, -0.25) is 0 Å². The van der Waals surface area contributed by atoms with Crippen molar-refractivity contribution in [2.75, 3.05) is 5.73 Å². The highest BCUT2D eigenvalue weighted by atomic mass is 35.5. The van der Waals surface area contributed by atoms with E-state index in [9.17, 15) is 0 Å². The van der Waals surface area contributed by atoms with Crippen LogP contribution in [0.15, 0.2) is 6.07 Å². The van der Waals surface area contributed by atoms with Gasteiger partial charge in [0.1, 0.15) is 0 Å². The highest BCUT2D eigenvalue weighted by Crippen LogP contribution is 2.13. The van der Waals surface area contributed by atoms with Crippen LogP contribution >= 0.6 is 11.6 Å². The molecule has 2 N–H and O–H groups in total. The van der Waals surface area contributed by atoms with Gasteiger partial charge < -0.3 is 5.73 Å². The molecule has 1 rings (SSSR count). The van der Waals surface area contributed by atoms with E-state index < -0.39 is 0 Å². The van der Waals surface area contributed by atoms with Gasteiger partial charge in [0.25, 0.3) is 0 Å². The van der Waals surface area contributed by atoms with Crippen molar-refractivity contribution in [2.45, 2.75) is 6.92 Å². The second-order valence-corrected chi connectivity index (χ2v) is 2.13. The average molecular weight is 144 g/mol. The van der Waals surface area contributed by atoms with Gasteiger partial charge >= 0.3 is 0 Å². The van der Waals surface area contributed by atoms with Gasteiger partial charge in [-0.25, -0.2) is 0 Å². The van der Waals surface area contributed by atoms with E-state index in [1.807, 2.05) is 0 Å². The zero-order valence-corrected chi connectivity index (χ0v) is 5.68. The van der Waals surface area contributed by atoms with E-state index in [4.69, 9.17) is 17.3 Å². The van der Waals surface area contributed by atoms with Gasteiger partial charge in [0.2, 0.25) is 0 Å². The number of rotatable bonds is 0. The Morgan fingerprint density at radius 1 is 1.56 bits per heavy atom. The van der Waals surface area contributed by atoms with Crippen LogP contribution in [0.4, 0.5) is 5.82 Å². The highest BCUT2D eigenvalue weighted by Gasteiger charge is 1.95. The first kappa shape index (κ1) is 6.29. The minimum atomic E-state index is 0.280. The van der Waals surface area contributed by atoms with Gasteiger partial charge in [0, 0.05) is 0 Å². The molecule has 9 heavy (non-hydrogen) atoms. The fourth-order valence-electron chi connectivity index (χ4n) is 0.467. The summed E-state index contributed by atoms with van der Waals surface area (Å²) >= 11 is 5.59. The second kappa shape index (κ2) is 2.19. The van der Waals surface area contributed by atoms with E-state index >= 15 is 0 Å². The predicted octanol–water partition coefficient (Wildman–Crippen LogP) is 1.02. The minimum Gasteiger partial charge on any atom is -0.381 e. The number of aromatic nitrogens is 2. The van der Waals surface area contributed by atoms with Crippen molar-refractivity contribution < 1.29 is 0 Å². The van der Waals surface area contributed by atoms with Gasteiger partial charge in [0.05, 0.1) is 10.7 Å². The van der Waals surface area contributed by atoms with Crippen LogP contribution < -0.4 is 5.73 Å². The number of aryl methyl sites for hydroxylation is 1. The fourth-order valence-corrected chi connectivity index (χ4v) is 0.662. The maximum absolute atomic E-state index is 5.59. The number of hydrogen-bond acceptors (Lipinski definition) is 3.